The van der Waals surface area contributed by atoms with Crippen LogP contribution in [-0.4, -0.2) is 12.6 Å². The van der Waals surface area contributed by atoms with E-state index in [1.807, 2.05) is 19.1 Å². The maximum absolute atomic E-state index is 5.83. The number of rotatable bonds is 5. The highest BCUT2D eigenvalue weighted by Crippen LogP contribution is 2.21. The normalized spacial score (nSPS) is 15.8. The third kappa shape index (κ3) is 3.16. The highest BCUT2D eigenvalue weighted by molar-refractivity contribution is 5.04. The van der Waals surface area contributed by atoms with Gasteiger partial charge in [-0.15, -0.1) is 0 Å². The van der Waals surface area contributed by atoms with Crippen LogP contribution in [0.25, 0.3) is 0 Å². The van der Waals surface area contributed by atoms with Gasteiger partial charge in [-0.1, -0.05) is 13.8 Å². The van der Waals surface area contributed by atoms with Crippen molar-refractivity contribution in [1.82, 2.24) is 0 Å². The van der Waals surface area contributed by atoms with Crippen LogP contribution in [0.15, 0.2) is 22.8 Å². The molecule has 1 aromatic heterocycles. The van der Waals surface area contributed by atoms with Crippen LogP contribution in [0.5, 0.6) is 0 Å². The van der Waals surface area contributed by atoms with E-state index < -0.39 is 0 Å². The van der Waals surface area contributed by atoms with Gasteiger partial charge >= 0.3 is 0 Å². The number of hydrogen-bond acceptors (Lipinski definition) is 3. The summed E-state index contributed by atoms with van der Waals surface area (Å²) in [6.07, 6.45) is 1.51. The van der Waals surface area contributed by atoms with Gasteiger partial charge in [-0.05, 0) is 25.0 Å². The molecule has 0 aromatic carbocycles. The summed E-state index contributed by atoms with van der Waals surface area (Å²) in [7, 11) is 0. The summed E-state index contributed by atoms with van der Waals surface area (Å²) in [5.74, 6) is 1.31. The fourth-order valence-corrected chi connectivity index (χ4v) is 1.24. The van der Waals surface area contributed by atoms with Gasteiger partial charge in [0, 0.05) is 12.6 Å². The van der Waals surface area contributed by atoms with E-state index >= 15 is 0 Å². The van der Waals surface area contributed by atoms with E-state index in [1.54, 1.807) is 6.26 Å². The molecule has 0 spiro atoms. The van der Waals surface area contributed by atoms with Crippen molar-refractivity contribution in [3.63, 3.8) is 0 Å². The molecular weight excluding hydrogens is 178 g/mol. The molecule has 2 atom stereocenters. The monoisotopic (exact) mass is 197 g/mol. The molecule has 0 aliphatic rings. The van der Waals surface area contributed by atoms with Crippen LogP contribution < -0.4 is 5.73 Å². The van der Waals surface area contributed by atoms with Crippen molar-refractivity contribution in [2.45, 2.75) is 32.9 Å². The third-order valence-corrected chi connectivity index (χ3v) is 1.91. The number of nitrogens with two attached hydrogens (primary N) is 1. The second-order valence-electron chi connectivity index (χ2n) is 4.02. The predicted molar refractivity (Wildman–Crippen MR) is 55.9 cm³/mol. The zero-order valence-corrected chi connectivity index (χ0v) is 9.07. The third-order valence-electron chi connectivity index (χ3n) is 1.91. The Hall–Kier alpha value is -0.800. The molecule has 14 heavy (non-hydrogen) atoms. The maximum atomic E-state index is 5.83. The van der Waals surface area contributed by atoms with E-state index in [4.69, 9.17) is 14.9 Å². The van der Waals surface area contributed by atoms with Crippen LogP contribution in [0.1, 0.15) is 32.6 Å². The SMILES string of the molecule is CC(C)COC(c1ccco1)C(C)N. The molecular formula is C11H19NO2. The van der Waals surface area contributed by atoms with E-state index in [-0.39, 0.29) is 12.1 Å². The van der Waals surface area contributed by atoms with Crippen molar-refractivity contribution in [2.75, 3.05) is 6.61 Å². The van der Waals surface area contributed by atoms with Crippen molar-refractivity contribution in [1.29, 1.82) is 0 Å². The highest BCUT2D eigenvalue weighted by atomic mass is 16.5. The molecule has 2 unspecified atom stereocenters. The minimum absolute atomic E-state index is 0.0556. The van der Waals surface area contributed by atoms with Gasteiger partial charge in [0.2, 0.25) is 0 Å². The molecule has 0 radical (unpaired) electrons. The molecule has 0 aliphatic heterocycles. The maximum Gasteiger partial charge on any atom is 0.134 e. The van der Waals surface area contributed by atoms with Gasteiger partial charge in [0.15, 0.2) is 0 Å². The molecule has 0 amide bonds. The first-order valence-electron chi connectivity index (χ1n) is 5.02. The lowest BCUT2D eigenvalue weighted by Crippen LogP contribution is -2.27. The average Bonchev–Trinajstić information content (AvgIpc) is 2.56. The zero-order valence-electron chi connectivity index (χ0n) is 9.07. The molecule has 1 aromatic rings. The Morgan fingerprint density at radius 3 is 2.57 bits per heavy atom. The quantitative estimate of drug-likeness (QED) is 0.788. The fourth-order valence-electron chi connectivity index (χ4n) is 1.24. The second-order valence-corrected chi connectivity index (χ2v) is 4.02. The largest absolute Gasteiger partial charge is 0.467 e. The Kier molecular flexibility index (Phi) is 4.17. The zero-order chi connectivity index (χ0) is 10.6. The van der Waals surface area contributed by atoms with Crippen molar-refractivity contribution < 1.29 is 9.15 Å². The smallest absolute Gasteiger partial charge is 0.134 e. The predicted octanol–water partition coefficient (Wildman–Crippen LogP) is 2.34. The minimum Gasteiger partial charge on any atom is -0.467 e. The molecule has 1 rings (SSSR count). The van der Waals surface area contributed by atoms with E-state index in [2.05, 4.69) is 13.8 Å². The van der Waals surface area contributed by atoms with Gasteiger partial charge in [-0.3, -0.25) is 0 Å². The lowest BCUT2D eigenvalue weighted by atomic mass is 10.1. The van der Waals surface area contributed by atoms with Crippen LogP contribution in [0.4, 0.5) is 0 Å². The van der Waals surface area contributed by atoms with Crippen molar-refractivity contribution in [2.24, 2.45) is 11.7 Å². The number of ether oxygens (including phenoxy) is 1. The van der Waals surface area contributed by atoms with E-state index in [0.717, 1.165) is 5.76 Å². The van der Waals surface area contributed by atoms with Gasteiger partial charge in [0.25, 0.3) is 0 Å². The van der Waals surface area contributed by atoms with E-state index in [0.29, 0.717) is 12.5 Å². The van der Waals surface area contributed by atoms with Gasteiger partial charge in [-0.2, -0.15) is 0 Å². The number of hydrogen-bond donors (Lipinski definition) is 1. The second kappa shape index (κ2) is 5.17. The average molecular weight is 197 g/mol. The van der Waals surface area contributed by atoms with Gasteiger partial charge < -0.3 is 14.9 Å². The summed E-state index contributed by atoms with van der Waals surface area (Å²) < 4.78 is 11.0. The van der Waals surface area contributed by atoms with E-state index in [9.17, 15) is 0 Å². The Bertz CT molecular complexity index is 242. The Balaban J connectivity index is 2.57. The molecule has 0 aliphatic carbocycles. The molecule has 2 N–H and O–H groups in total. The fraction of sp³-hybridized carbons (Fsp3) is 0.636. The van der Waals surface area contributed by atoms with Crippen LogP contribution in [-0.2, 0) is 4.74 Å². The molecule has 0 saturated carbocycles. The minimum atomic E-state index is -0.132. The summed E-state index contributed by atoms with van der Waals surface area (Å²) >= 11 is 0. The summed E-state index contributed by atoms with van der Waals surface area (Å²) in [6.45, 7) is 6.85. The van der Waals surface area contributed by atoms with Crippen LogP contribution in [0.3, 0.4) is 0 Å². The molecule has 0 bridgehead atoms. The van der Waals surface area contributed by atoms with Crippen LogP contribution >= 0.6 is 0 Å². The van der Waals surface area contributed by atoms with Crippen molar-refractivity contribution in [3.05, 3.63) is 24.2 Å². The highest BCUT2D eigenvalue weighted by Gasteiger charge is 2.19. The topological polar surface area (TPSA) is 48.4 Å². The molecule has 1 heterocycles. The Morgan fingerprint density at radius 1 is 1.43 bits per heavy atom. The summed E-state index contributed by atoms with van der Waals surface area (Å²) in [4.78, 5) is 0. The first kappa shape index (κ1) is 11.3. The summed E-state index contributed by atoms with van der Waals surface area (Å²) in [6, 6.07) is 3.69. The standard InChI is InChI=1S/C11H19NO2/c1-8(2)7-14-11(9(3)12)10-5-4-6-13-10/h4-6,8-9,11H,7,12H2,1-3H3. The van der Waals surface area contributed by atoms with Gasteiger partial charge in [0.1, 0.15) is 11.9 Å². The molecule has 0 saturated heterocycles. The lowest BCUT2D eigenvalue weighted by Gasteiger charge is -2.20. The van der Waals surface area contributed by atoms with Crippen LogP contribution in [0.2, 0.25) is 0 Å². The Labute approximate surface area is 85.2 Å². The molecule has 3 nitrogen and oxygen atoms in total. The molecule has 80 valence electrons. The lowest BCUT2D eigenvalue weighted by molar-refractivity contribution is 0.00901. The molecule has 3 heteroatoms. The summed E-state index contributed by atoms with van der Waals surface area (Å²) in [5, 5.41) is 0. The van der Waals surface area contributed by atoms with E-state index in [1.165, 1.54) is 0 Å². The first-order valence-corrected chi connectivity index (χ1v) is 5.02. The first-order chi connectivity index (χ1) is 6.61. The van der Waals surface area contributed by atoms with Crippen LogP contribution in [0, 0.1) is 5.92 Å². The van der Waals surface area contributed by atoms with Crippen molar-refractivity contribution >= 4 is 0 Å². The summed E-state index contributed by atoms with van der Waals surface area (Å²) in [5.41, 5.74) is 5.83. The van der Waals surface area contributed by atoms with Gasteiger partial charge in [0.05, 0.1) is 6.26 Å². The molecule has 0 fully saturated rings. The number of furan rings is 1. The Morgan fingerprint density at radius 2 is 2.14 bits per heavy atom. The van der Waals surface area contributed by atoms with Gasteiger partial charge in [-0.25, -0.2) is 0 Å². The van der Waals surface area contributed by atoms with Crippen molar-refractivity contribution in [3.8, 4) is 0 Å².